The summed E-state index contributed by atoms with van der Waals surface area (Å²) in [6.07, 6.45) is 3.81. The van der Waals surface area contributed by atoms with Gasteiger partial charge in [-0.3, -0.25) is 9.48 Å². The molecule has 0 spiro atoms. The number of β-amino-alcohol motifs (C(OH)–C–C–N with tert-alkyl or cyclic N) is 1. The quantitative estimate of drug-likeness (QED) is 0.501. The van der Waals surface area contributed by atoms with Crippen LogP contribution in [0.25, 0.3) is 10.9 Å². The zero-order valence-electron chi connectivity index (χ0n) is 18.2. The standard InChI is InChI=1S/C20H23N5O4S.C2H3N/c26-15-8-10-24(12-15)30(28,29)16-5-3-14(4-6-16)22-19-18-17(7-9-21-20(18)27)25(23-19)11-13-1-2-13;1-2-3/h3-7,9,13,15,26H,1-2,8,10-12H2,(H,21,27)(H,22,23);1H3/t15-;/m0./s1. The van der Waals surface area contributed by atoms with Crippen molar-refractivity contribution in [3.63, 3.8) is 0 Å². The Morgan fingerprint density at radius 2 is 1.94 bits per heavy atom. The minimum Gasteiger partial charge on any atom is -0.392 e. The second kappa shape index (κ2) is 9.35. The van der Waals surface area contributed by atoms with E-state index in [0.29, 0.717) is 35.8 Å². The number of nitrogens with zero attached hydrogens (tertiary/aromatic N) is 4. The van der Waals surface area contributed by atoms with Crippen molar-refractivity contribution in [3.05, 3.63) is 46.9 Å². The lowest BCUT2D eigenvalue weighted by Gasteiger charge is -2.16. The van der Waals surface area contributed by atoms with Crippen LogP contribution in [0.3, 0.4) is 0 Å². The number of hydrogen-bond acceptors (Lipinski definition) is 7. The topological polar surface area (TPSA) is 144 Å². The number of aromatic nitrogens is 3. The van der Waals surface area contributed by atoms with Gasteiger partial charge in [0.1, 0.15) is 5.39 Å². The number of aliphatic hydroxyl groups is 1. The van der Waals surface area contributed by atoms with E-state index in [1.165, 1.54) is 36.2 Å². The molecule has 1 aliphatic heterocycles. The number of pyridine rings is 1. The molecule has 2 aliphatic rings. The van der Waals surface area contributed by atoms with Crippen LogP contribution >= 0.6 is 0 Å². The molecule has 174 valence electrons. The van der Waals surface area contributed by atoms with Gasteiger partial charge in [-0.1, -0.05) is 0 Å². The van der Waals surface area contributed by atoms with Crippen LogP contribution in [0.15, 0.2) is 46.2 Å². The van der Waals surface area contributed by atoms with Gasteiger partial charge in [0.15, 0.2) is 5.82 Å². The number of aliphatic hydroxyl groups excluding tert-OH is 1. The Morgan fingerprint density at radius 1 is 1.24 bits per heavy atom. The highest BCUT2D eigenvalue weighted by Crippen LogP contribution is 2.33. The van der Waals surface area contributed by atoms with Crippen LogP contribution in [0.1, 0.15) is 26.2 Å². The van der Waals surface area contributed by atoms with Gasteiger partial charge in [0.05, 0.1) is 22.6 Å². The van der Waals surface area contributed by atoms with Crippen LogP contribution in [0.2, 0.25) is 0 Å². The molecular formula is C22H26N6O4S. The van der Waals surface area contributed by atoms with Crippen molar-refractivity contribution in [1.29, 1.82) is 5.26 Å². The smallest absolute Gasteiger partial charge is 0.261 e. The molecule has 0 unspecified atom stereocenters. The molecule has 33 heavy (non-hydrogen) atoms. The highest BCUT2D eigenvalue weighted by atomic mass is 32.2. The number of anilines is 2. The highest BCUT2D eigenvalue weighted by Gasteiger charge is 2.31. The van der Waals surface area contributed by atoms with Crippen molar-refractivity contribution in [1.82, 2.24) is 19.1 Å². The Morgan fingerprint density at radius 3 is 2.55 bits per heavy atom. The molecule has 2 fully saturated rings. The van der Waals surface area contributed by atoms with E-state index >= 15 is 0 Å². The number of benzene rings is 1. The summed E-state index contributed by atoms with van der Waals surface area (Å²) in [7, 11) is -3.63. The van der Waals surface area contributed by atoms with E-state index in [1.54, 1.807) is 24.4 Å². The number of H-pyrrole nitrogens is 1. The first-order valence-electron chi connectivity index (χ1n) is 10.8. The molecule has 5 rings (SSSR count). The van der Waals surface area contributed by atoms with Gasteiger partial charge >= 0.3 is 0 Å². The van der Waals surface area contributed by atoms with Crippen molar-refractivity contribution in [2.45, 2.75) is 43.7 Å². The summed E-state index contributed by atoms with van der Waals surface area (Å²) >= 11 is 0. The van der Waals surface area contributed by atoms with E-state index < -0.39 is 16.1 Å². The van der Waals surface area contributed by atoms with Crippen molar-refractivity contribution in [3.8, 4) is 6.07 Å². The van der Waals surface area contributed by atoms with Crippen molar-refractivity contribution in [2.75, 3.05) is 18.4 Å². The molecule has 1 aromatic carbocycles. The third-order valence-electron chi connectivity index (χ3n) is 5.68. The fourth-order valence-electron chi connectivity index (χ4n) is 3.83. The lowest BCUT2D eigenvalue weighted by atomic mass is 10.3. The highest BCUT2D eigenvalue weighted by molar-refractivity contribution is 7.89. The maximum atomic E-state index is 12.7. The Hall–Kier alpha value is -3.20. The molecule has 0 bridgehead atoms. The number of aromatic amines is 1. The summed E-state index contributed by atoms with van der Waals surface area (Å²) in [5.74, 6) is 1.06. The summed E-state index contributed by atoms with van der Waals surface area (Å²) in [6, 6.07) is 9.95. The van der Waals surface area contributed by atoms with Crippen LogP contribution < -0.4 is 10.9 Å². The molecule has 0 amide bonds. The molecule has 11 heteroatoms. The average Bonchev–Trinajstić information content (AvgIpc) is 3.38. The predicted octanol–water partition coefficient (Wildman–Crippen LogP) is 2.16. The minimum atomic E-state index is -3.63. The van der Waals surface area contributed by atoms with Crippen molar-refractivity contribution in [2.24, 2.45) is 5.92 Å². The number of fused-ring (bicyclic) bond motifs is 1. The first-order valence-corrected chi connectivity index (χ1v) is 12.2. The maximum absolute atomic E-state index is 12.7. The van der Waals surface area contributed by atoms with Crippen LogP contribution in [0.5, 0.6) is 0 Å². The zero-order chi connectivity index (χ0) is 23.6. The zero-order valence-corrected chi connectivity index (χ0v) is 19.0. The Balaban J connectivity index is 0.000000821. The SMILES string of the molecule is CC#N.O=c1[nH]ccc2c1c(Nc1ccc(S(=O)(=O)N3CC[C@H](O)C3)cc1)nn2CC1CC1. The molecule has 3 heterocycles. The number of rotatable bonds is 6. The summed E-state index contributed by atoms with van der Waals surface area (Å²) in [4.78, 5) is 15.3. The van der Waals surface area contributed by atoms with Crippen LogP contribution in [0, 0.1) is 17.2 Å². The minimum absolute atomic E-state index is 0.121. The van der Waals surface area contributed by atoms with Gasteiger partial charge in [-0.15, -0.1) is 0 Å². The fraction of sp³-hybridized carbons (Fsp3) is 0.409. The molecule has 1 saturated carbocycles. The lowest BCUT2D eigenvalue weighted by Crippen LogP contribution is -2.29. The molecule has 1 aliphatic carbocycles. The summed E-state index contributed by atoms with van der Waals surface area (Å²) in [5.41, 5.74) is 1.19. The molecule has 1 atom stereocenters. The molecule has 3 aromatic rings. The summed E-state index contributed by atoms with van der Waals surface area (Å²) < 4.78 is 28.6. The lowest BCUT2D eigenvalue weighted by molar-refractivity contribution is 0.189. The van der Waals surface area contributed by atoms with E-state index in [4.69, 9.17) is 5.26 Å². The van der Waals surface area contributed by atoms with Gasteiger partial charge in [-0.25, -0.2) is 8.42 Å². The van der Waals surface area contributed by atoms with Crippen LogP contribution in [-0.2, 0) is 16.6 Å². The Labute approximate surface area is 191 Å². The molecule has 1 saturated heterocycles. The average molecular weight is 471 g/mol. The third kappa shape index (κ3) is 4.93. The first kappa shape index (κ1) is 23.0. The third-order valence-corrected chi connectivity index (χ3v) is 7.56. The van der Waals surface area contributed by atoms with E-state index in [-0.39, 0.29) is 17.0 Å². The van der Waals surface area contributed by atoms with Gasteiger partial charge in [0, 0.05) is 38.4 Å². The largest absolute Gasteiger partial charge is 0.392 e. The summed E-state index contributed by atoms with van der Waals surface area (Å²) in [5, 5.41) is 25.2. The molecule has 2 aromatic heterocycles. The fourth-order valence-corrected chi connectivity index (χ4v) is 5.33. The normalized spacial score (nSPS) is 18.5. The molecule has 3 N–H and O–H groups in total. The van der Waals surface area contributed by atoms with Crippen molar-refractivity contribution >= 4 is 32.4 Å². The first-order chi connectivity index (χ1) is 15.8. The van der Waals surface area contributed by atoms with Crippen molar-refractivity contribution < 1.29 is 13.5 Å². The Bertz CT molecular complexity index is 1340. The monoisotopic (exact) mass is 470 g/mol. The number of nitriles is 1. The van der Waals surface area contributed by atoms with Gasteiger partial charge in [-0.05, 0) is 55.5 Å². The van der Waals surface area contributed by atoms with E-state index in [2.05, 4.69) is 15.4 Å². The second-order valence-corrected chi connectivity index (χ2v) is 10.2. The van der Waals surface area contributed by atoms with E-state index in [9.17, 15) is 18.3 Å². The van der Waals surface area contributed by atoms with E-state index in [1.807, 2.05) is 10.7 Å². The van der Waals surface area contributed by atoms with Crippen LogP contribution in [-0.4, -0.2) is 51.8 Å². The summed E-state index contributed by atoms with van der Waals surface area (Å²) in [6.45, 7) is 2.65. The Kier molecular flexibility index (Phi) is 6.51. The number of sulfonamides is 1. The van der Waals surface area contributed by atoms with Gasteiger partial charge in [0.2, 0.25) is 10.0 Å². The number of nitrogens with one attached hydrogen (secondary N) is 2. The molecule has 10 nitrogen and oxygen atoms in total. The van der Waals surface area contributed by atoms with E-state index in [0.717, 1.165) is 12.1 Å². The second-order valence-electron chi connectivity index (χ2n) is 8.22. The number of hydrogen-bond donors (Lipinski definition) is 3. The molecular weight excluding hydrogens is 444 g/mol. The van der Waals surface area contributed by atoms with Gasteiger partial charge in [0.25, 0.3) is 5.56 Å². The van der Waals surface area contributed by atoms with Gasteiger partial charge < -0.3 is 15.4 Å². The molecule has 0 radical (unpaired) electrons. The van der Waals surface area contributed by atoms with Crippen LogP contribution in [0.4, 0.5) is 11.5 Å². The van der Waals surface area contributed by atoms with Gasteiger partial charge in [-0.2, -0.15) is 14.7 Å². The maximum Gasteiger partial charge on any atom is 0.261 e. The predicted molar refractivity (Wildman–Crippen MR) is 123 cm³/mol.